The standard InChI is InChI=1S/C12H20N2O2S/c1-10(2)8-9-14-11-6-4-5-7-12(11)17(15,16)13-3/h4-7,10,13-14H,8-9H2,1-3H3. The second-order valence-electron chi connectivity index (χ2n) is 4.31. The van der Waals surface area contributed by atoms with Crippen LogP contribution < -0.4 is 10.0 Å². The summed E-state index contributed by atoms with van der Waals surface area (Å²) in [5.41, 5.74) is 0.655. The average molecular weight is 256 g/mol. The highest BCUT2D eigenvalue weighted by Crippen LogP contribution is 2.20. The van der Waals surface area contributed by atoms with Gasteiger partial charge in [-0.2, -0.15) is 0 Å². The summed E-state index contributed by atoms with van der Waals surface area (Å²) in [6.45, 7) is 5.05. The molecule has 1 aromatic rings. The maximum atomic E-state index is 11.8. The Kier molecular flexibility index (Phi) is 4.96. The molecular weight excluding hydrogens is 236 g/mol. The van der Waals surface area contributed by atoms with Gasteiger partial charge in [-0.05, 0) is 31.5 Å². The van der Waals surface area contributed by atoms with Crippen molar-refractivity contribution in [3.63, 3.8) is 0 Å². The third-order valence-electron chi connectivity index (χ3n) is 2.48. The predicted molar refractivity (Wildman–Crippen MR) is 70.6 cm³/mol. The van der Waals surface area contributed by atoms with Crippen LogP contribution in [0.4, 0.5) is 5.69 Å². The Labute approximate surface area is 103 Å². The summed E-state index contributed by atoms with van der Waals surface area (Å²) in [6.07, 6.45) is 1.01. The van der Waals surface area contributed by atoms with E-state index in [2.05, 4.69) is 23.9 Å². The number of sulfonamides is 1. The van der Waals surface area contributed by atoms with Crippen molar-refractivity contribution in [3.8, 4) is 0 Å². The molecule has 0 amide bonds. The number of benzene rings is 1. The van der Waals surface area contributed by atoms with Gasteiger partial charge in [0.05, 0.1) is 5.69 Å². The summed E-state index contributed by atoms with van der Waals surface area (Å²) in [6, 6.07) is 6.93. The summed E-state index contributed by atoms with van der Waals surface area (Å²) in [4.78, 5) is 0.297. The van der Waals surface area contributed by atoms with Crippen LogP contribution in [0.25, 0.3) is 0 Å². The molecule has 2 N–H and O–H groups in total. The lowest BCUT2D eigenvalue weighted by Gasteiger charge is -2.12. The Morgan fingerprint density at radius 3 is 2.47 bits per heavy atom. The van der Waals surface area contributed by atoms with E-state index in [9.17, 15) is 8.42 Å². The van der Waals surface area contributed by atoms with Crippen molar-refractivity contribution < 1.29 is 8.42 Å². The Morgan fingerprint density at radius 2 is 1.88 bits per heavy atom. The number of nitrogens with one attached hydrogen (secondary N) is 2. The summed E-state index contributed by atoms with van der Waals surface area (Å²) >= 11 is 0. The van der Waals surface area contributed by atoms with Gasteiger partial charge in [-0.3, -0.25) is 0 Å². The highest BCUT2D eigenvalue weighted by atomic mass is 32.2. The third kappa shape index (κ3) is 4.02. The molecule has 0 heterocycles. The molecule has 0 unspecified atom stereocenters. The van der Waals surface area contributed by atoms with Gasteiger partial charge in [0.25, 0.3) is 0 Å². The number of para-hydroxylation sites is 1. The van der Waals surface area contributed by atoms with Crippen LogP contribution in [-0.2, 0) is 10.0 Å². The topological polar surface area (TPSA) is 58.2 Å². The Bertz CT molecular complexity index is 455. The van der Waals surface area contributed by atoms with E-state index in [-0.39, 0.29) is 0 Å². The van der Waals surface area contributed by atoms with E-state index >= 15 is 0 Å². The van der Waals surface area contributed by atoms with Gasteiger partial charge in [0.15, 0.2) is 0 Å². The van der Waals surface area contributed by atoms with Crippen LogP contribution in [0.2, 0.25) is 0 Å². The molecule has 0 aliphatic rings. The molecule has 17 heavy (non-hydrogen) atoms. The Hall–Kier alpha value is -1.07. The zero-order valence-corrected chi connectivity index (χ0v) is 11.3. The number of anilines is 1. The fourth-order valence-corrected chi connectivity index (χ4v) is 2.36. The number of hydrogen-bond acceptors (Lipinski definition) is 3. The molecule has 1 aromatic carbocycles. The molecule has 4 nitrogen and oxygen atoms in total. The largest absolute Gasteiger partial charge is 0.384 e. The van der Waals surface area contributed by atoms with Crippen molar-refractivity contribution in [2.24, 2.45) is 5.92 Å². The van der Waals surface area contributed by atoms with Crippen molar-refractivity contribution in [2.75, 3.05) is 18.9 Å². The molecule has 0 radical (unpaired) electrons. The van der Waals surface area contributed by atoms with E-state index in [1.54, 1.807) is 18.2 Å². The van der Waals surface area contributed by atoms with Gasteiger partial charge in [0.1, 0.15) is 4.90 Å². The molecular formula is C12H20N2O2S. The highest BCUT2D eigenvalue weighted by molar-refractivity contribution is 7.89. The lowest BCUT2D eigenvalue weighted by Crippen LogP contribution is -2.20. The normalized spacial score (nSPS) is 11.8. The van der Waals surface area contributed by atoms with E-state index in [4.69, 9.17) is 0 Å². The lowest BCUT2D eigenvalue weighted by atomic mass is 10.1. The SMILES string of the molecule is CNS(=O)(=O)c1ccccc1NCCC(C)C. The van der Waals surface area contributed by atoms with E-state index in [0.717, 1.165) is 13.0 Å². The van der Waals surface area contributed by atoms with Crippen molar-refractivity contribution in [2.45, 2.75) is 25.2 Å². The van der Waals surface area contributed by atoms with Crippen molar-refractivity contribution in [3.05, 3.63) is 24.3 Å². The van der Waals surface area contributed by atoms with Crippen LogP contribution in [0.1, 0.15) is 20.3 Å². The molecule has 0 spiro atoms. The monoisotopic (exact) mass is 256 g/mol. The minimum Gasteiger partial charge on any atom is -0.384 e. The van der Waals surface area contributed by atoms with Crippen LogP contribution in [0, 0.1) is 5.92 Å². The molecule has 0 aliphatic heterocycles. The summed E-state index contributed by atoms with van der Waals surface area (Å²) in [7, 11) is -1.98. The minimum atomic E-state index is -3.39. The Balaban J connectivity index is 2.86. The van der Waals surface area contributed by atoms with E-state index < -0.39 is 10.0 Å². The molecule has 1 rings (SSSR count). The number of rotatable bonds is 6. The molecule has 5 heteroatoms. The van der Waals surface area contributed by atoms with Gasteiger partial charge in [0, 0.05) is 6.54 Å². The molecule has 0 saturated carbocycles. The van der Waals surface area contributed by atoms with Crippen LogP contribution in [0.5, 0.6) is 0 Å². The first-order valence-corrected chi connectivity index (χ1v) is 7.22. The predicted octanol–water partition coefficient (Wildman–Crippen LogP) is 2.05. The smallest absolute Gasteiger partial charge is 0.242 e. The molecule has 0 saturated heterocycles. The lowest BCUT2D eigenvalue weighted by molar-refractivity contribution is 0.588. The fraction of sp³-hybridized carbons (Fsp3) is 0.500. The zero-order chi connectivity index (χ0) is 12.9. The minimum absolute atomic E-state index is 0.297. The van der Waals surface area contributed by atoms with E-state index in [0.29, 0.717) is 16.5 Å². The molecule has 0 aromatic heterocycles. The summed E-state index contributed by atoms with van der Waals surface area (Å²) < 4.78 is 25.9. The highest BCUT2D eigenvalue weighted by Gasteiger charge is 2.15. The Morgan fingerprint density at radius 1 is 1.24 bits per heavy atom. The van der Waals surface area contributed by atoms with Gasteiger partial charge >= 0.3 is 0 Å². The second kappa shape index (κ2) is 6.02. The van der Waals surface area contributed by atoms with Crippen LogP contribution in [0.3, 0.4) is 0 Å². The summed E-state index contributed by atoms with van der Waals surface area (Å²) in [5, 5.41) is 3.17. The van der Waals surface area contributed by atoms with E-state index in [1.807, 2.05) is 6.07 Å². The van der Waals surface area contributed by atoms with Crippen molar-refractivity contribution >= 4 is 15.7 Å². The van der Waals surface area contributed by atoms with Gasteiger partial charge in [-0.15, -0.1) is 0 Å². The average Bonchev–Trinajstić information content (AvgIpc) is 2.29. The first-order chi connectivity index (χ1) is 7.97. The first kappa shape index (κ1) is 14.0. The summed E-state index contributed by atoms with van der Waals surface area (Å²) in [5.74, 6) is 0.593. The van der Waals surface area contributed by atoms with Crippen LogP contribution >= 0.6 is 0 Å². The number of hydrogen-bond donors (Lipinski definition) is 2. The van der Waals surface area contributed by atoms with Crippen molar-refractivity contribution in [1.29, 1.82) is 0 Å². The maximum absolute atomic E-state index is 11.8. The quantitative estimate of drug-likeness (QED) is 0.819. The first-order valence-electron chi connectivity index (χ1n) is 5.74. The second-order valence-corrected chi connectivity index (χ2v) is 6.17. The maximum Gasteiger partial charge on any atom is 0.242 e. The molecule has 0 bridgehead atoms. The van der Waals surface area contributed by atoms with Gasteiger partial charge < -0.3 is 5.32 Å². The van der Waals surface area contributed by atoms with Crippen molar-refractivity contribution in [1.82, 2.24) is 4.72 Å². The molecule has 0 atom stereocenters. The molecule has 96 valence electrons. The van der Waals surface area contributed by atoms with Gasteiger partial charge in [-0.25, -0.2) is 13.1 Å². The zero-order valence-electron chi connectivity index (χ0n) is 10.5. The molecule has 0 aliphatic carbocycles. The third-order valence-corrected chi connectivity index (χ3v) is 3.95. The van der Waals surface area contributed by atoms with Gasteiger partial charge in [0.2, 0.25) is 10.0 Å². The molecule has 0 fully saturated rings. The van der Waals surface area contributed by atoms with Crippen LogP contribution in [-0.4, -0.2) is 22.0 Å². The van der Waals surface area contributed by atoms with E-state index in [1.165, 1.54) is 7.05 Å². The fourth-order valence-electron chi connectivity index (χ4n) is 1.45. The van der Waals surface area contributed by atoms with Gasteiger partial charge in [-0.1, -0.05) is 26.0 Å². The van der Waals surface area contributed by atoms with Crippen LogP contribution in [0.15, 0.2) is 29.2 Å².